The Morgan fingerprint density at radius 3 is 2.80 bits per heavy atom. The number of thioether (sulfide) groups is 1. The minimum atomic E-state index is -0.370. The first-order valence-corrected chi connectivity index (χ1v) is 9.10. The summed E-state index contributed by atoms with van der Waals surface area (Å²) in [7, 11) is 0. The van der Waals surface area contributed by atoms with Crippen molar-refractivity contribution < 1.29 is 4.79 Å². The molecule has 20 heavy (non-hydrogen) atoms. The van der Waals surface area contributed by atoms with Crippen LogP contribution in [0.2, 0.25) is 0 Å². The highest BCUT2D eigenvalue weighted by molar-refractivity contribution is 9.10. The number of benzene rings is 1. The molecular weight excluding hydrogens is 336 g/mol. The number of carbonyl (C=O) groups is 1. The highest BCUT2D eigenvalue weighted by Gasteiger charge is 2.34. The molecule has 1 fully saturated rings. The van der Waals surface area contributed by atoms with E-state index in [0.717, 1.165) is 35.1 Å². The lowest BCUT2D eigenvalue weighted by atomic mass is 10.1. The Morgan fingerprint density at radius 2 is 2.20 bits per heavy atom. The van der Waals surface area contributed by atoms with Crippen LogP contribution in [0.3, 0.4) is 0 Å². The van der Waals surface area contributed by atoms with Crippen molar-refractivity contribution in [2.45, 2.75) is 37.9 Å². The molecule has 1 aliphatic rings. The van der Waals surface area contributed by atoms with Gasteiger partial charge in [-0.3, -0.25) is 4.79 Å². The number of amides is 1. The molecule has 1 aromatic carbocycles. The summed E-state index contributed by atoms with van der Waals surface area (Å²) in [6.45, 7) is 0.651. The predicted molar refractivity (Wildman–Crippen MR) is 88.7 cm³/mol. The maximum absolute atomic E-state index is 12.5. The molecule has 0 unspecified atom stereocenters. The number of hydrogen-bond donors (Lipinski definition) is 1. The fourth-order valence-corrected chi connectivity index (χ4v) is 3.06. The molecule has 2 N–H and O–H groups in total. The van der Waals surface area contributed by atoms with Gasteiger partial charge < -0.3 is 10.6 Å². The van der Waals surface area contributed by atoms with E-state index in [-0.39, 0.29) is 11.9 Å². The predicted octanol–water partition coefficient (Wildman–Crippen LogP) is 3.02. The van der Waals surface area contributed by atoms with Gasteiger partial charge in [-0.05, 0) is 42.9 Å². The van der Waals surface area contributed by atoms with Crippen LogP contribution in [0.5, 0.6) is 0 Å². The number of halogens is 1. The molecule has 0 bridgehead atoms. The van der Waals surface area contributed by atoms with Crippen LogP contribution >= 0.6 is 27.7 Å². The summed E-state index contributed by atoms with van der Waals surface area (Å²) < 4.78 is 1.05. The number of carbonyl (C=O) groups excluding carboxylic acids is 1. The number of nitrogens with zero attached hydrogens (tertiary/aromatic N) is 1. The van der Waals surface area contributed by atoms with Crippen molar-refractivity contribution in [1.82, 2.24) is 4.90 Å². The van der Waals surface area contributed by atoms with Gasteiger partial charge >= 0.3 is 0 Å². The van der Waals surface area contributed by atoms with E-state index in [1.807, 2.05) is 29.4 Å². The lowest BCUT2D eigenvalue weighted by Crippen LogP contribution is -2.44. The van der Waals surface area contributed by atoms with Gasteiger partial charge in [0.1, 0.15) is 0 Å². The molecule has 3 nitrogen and oxygen atoms in total. The zero-order chi connectivity index (χ0) is 14.5. The molecule has 110 valence electrons. The molecule has 1 aliphatic carbocycles. The molecule has 1 amide bonds. The van der Waals surface area contributed by atoms with Crippen LogP contribution in [0.15, 0.2) is 28.7 Å². The van der Waals surface area contributed by atoms with E-state index in [9.17, 15) is 4.79 Å². The summed E-state index contributed by atoms with van der Waals surface area (Å²) in [6, 6.07) is 8.07. The molecule has 0 aliphatic heterocycles. The van der Waals surface area contributed by atoms with E-state index in [2.05, 4.69) is 22.0 Å². The normalized spacial score (nSPS) is 15.9. The largest absolute Gasteiger partial charge is 0.334 e. The van der Waals surface area contributed by atoms with Crippen molar-refractivity contribution >= 4 is 33.6 Å². The third-order valence-corrected chi connectivity index (χ3v) is 4.94. The van der Waals surface area contributed by atoms with Gasteiger partial charge in [-0.15, -0.1) is 0 Å². The zero-order valence-electron chi connectivity index (χ0n) is 11.7. The molecule has 2 rings (SSSR count). The summed E-state index contributed by atoms with van der Waals surface area (Å²) in [5.41, 5.74) is 7.19. The molecule has 1 aromatic rings. The first kappa shape index (κ1) is 15.9. The number of nitrogens with two attached hydrogens (primary N) is 1. The van der Waals surface area contributed by atoms with Gasteiger partial charge in [0, 0.05) is 17.1 Å². The van der Waals surface area contributed by atoms with E-state index in [4.69, 9.17) is 5.73 Å². The highest BCUT2D eigenvalue weighted by atomic mass is 79.9. The third-order valence-electron chi connectivity index (χ3n) is 3.52. The zero-order valence-corrected chi connectivity index (χ0v) is 14.1. The number of hydrogen-bond acceptors (Lipinski definition) is 3. The molecule has 1 atom stereocenters. The third kappa shape index (κ3) is 4.24. The minimum absolute atomic E-state index is 0.0947. The Kier molecular flexibility index (Phi) is 5.93. The van der Waals surface area contributed by atoms with E-state index in [1.54, 1.807) is 11.8 Å². The molecular formula is C15H21BrN2OS. The maximum atomic E-state index is 12.5. The van der Waals surface area contributed by atoms with Crippen molar-refractivity contribution in [3.05, 3.63) is 34.3 Å². The Hall–Kier alpha value is -0.520. The molecule has 1 saturated carbocycles. The molecule has 0 aromatic heterocycles. The fraction of sp³-hybridized carbons (Fsp3) is 0.533. The van der Waals surface area contributed by atoms with Crippen molar-refractivity contribution in [2.75, 3.05) is 12.0 Å². The molecule has 5 heteroatoms. The average molecular weight is 357 g/mol. The Bertz CT molecular complexity index is 465. The molecule has 0 radical (unpaired) electrons. The summed E-state index contributed by atoms with van der Waals surface area (Å²) in [5.74, 6) is 1.03. The summed E-state index contributed by atoms with van der Waals surface area (Å²) in [4.78, 5) is 14.5. The monoisotopic (exact) mass is 356 g/mol. The van der Waals surface area contributed by atoms with E-state index in [0.29, 0.717) is 12.6 Å². The van der Waals surface area contributed by atoms with E-state index < -0.39 is 0 Å². The average Bonchev–Trinajstić information content (AvgIpc) is 3.27. The quantitative estimate of drug-likeness (QED) is 0.816. The first-order valence-electron chi connectivity index (χ1n) is 6.92. The summed E-state index contributed by atoms with van der Waals surface area (Å²) in [5, 5.41) is 0. The Labute approximate surface area is 133 Å². The van der Waals surface area contributed by atoms with Crippen molar-refractivity contribution in [3.63, 3.8) is 0 Å². The van der Waals surface area contributed by atoms with Crippen LogP contribution in [-0.4, -0.2) is 34.9 Å². The van der Waals surface area contributed by atoms with Crippen LogP contribution in [0.25, 0.3) is 0 Å². The van der Waals surface area contributed by atoms with Gasteiger partial charge in [0.05, 0.1) is 6.04 Å². The van der Waals surface area contributed by atoms with Crippen LogP contribution in [0, 0.1) is 0 Å². The second kappa shape index (κ2) is 7.48. The SMILES string of the molecule is CSCC[C@H](N)C(=O)N(Cc1ccccc1Br)C1CC1. The lowest BCUT2D eigenvalue weighted by molar-refractivity contribution is -0.133. The van der Waals surface area contributed by atoms with Crippen molar-refractivity contribution in [2.24, 2.45) is 5.73 Å². The van der Waals surface area contributed by atoms with Gasteiger partial charge in [-0.25, -0.2) is 0 Å². The highest BCUT2D eigenvalue weighted by Crippen LogP contribution is 2.30. The first-order chi connectivity index (χ1) is 9.63. The summed E-state index contributed by atoms with van der Waals surface area (Å²) >= 11 is 5.28. The standard InChI is InChI=1S/C15H21BrN2OS/c1-20-9-8-14(17)15(19)18(12-6-7-12)10-11-4-2-3-5-13(11)16/h2-5,12,14H,6-10,17H2,1H3/t14-/m0/s1. The lowest BCUT2D eigenvalue weighted by Gasteiger charge is -2.26. The second-order valence-corrected chi connectivity index (χ2v) is 7.02. The van der Waals surface area contributed by atoms with Gasteiger partial charge in [-0.2, -0.15) is 11.8 Å². The van der Waals surface area contributed by atoms with Gasteiger partial charge in [-0.1, -0.05) is 34.1 Å². The van der Waals surface area contributed by atoms with Crippen molar-refractivity contribution in [1.29, 1.82) is 0 Å². The van der Waals surface area contributed by atoms with Crippen LogP contribution in [0.4, 0.5) is 0 Å². The van der Waals surface area contributed by atoms with E-state index in [1.165, 1.54) is 0 Å². The summed E-state index contributed by atoms with van der Waals surface area (Å²) in [6.07, 6.45) is 4.99. The van der Waals surface area contributed by atoms with E-state index >= 15 is 0 Å². The van der Waals surface area contributed by atoms with Crippen molar-refractivity contribution in [3.8, 4) is 0 Å². The second-order valence-electron chi connectivity index (χ2n) is 5.18. The minimum Gasteiger partial charge on any atom is -0.334 e. The topological polar surface area (TPSA) is 46.3 Å². The fourth-order valence-electron chi connectivity index (χ4n) is 2.16. The molecule has 0 saturated heterocycles. The van der Waals surface area contributed by atoms with Gasteiger partial charge in [0.15, 0.2) is 0 Å². The van der Waals surface area contributed by atoms with Crippen LogP contribution in [-0.2, 0) is 11.3 Å². The molecule has 0 spiro atoms. The Morgan fingerprint density at radius 1 is 1.50 bits per heavy atom. The number of rotatable bonds is 7. The Balaban J connectivity index is 2.04. The maximum Gasteiger partial charge on any atom is 0.240 e. The smallest absolute Gasteiger partial charge is 0.240 e. The van der Waals surface area contributed by atoms with Gasteiger partial charge in [0.2, 0.25) is 5.91 Å². The van der Waals surface area contributed by atoms with Gasteiger partial charge in [0.25, 0.3) is 0 Å². The van der Waals surface area contributed by atoms with Crippen LogP contribution in [0.1, 0.15) is 24.8 Å². The molecule has 0 heterocycles. The van der Waals surface area contributed by atoms with Crippen LogP contribution < -0.4 is 5.73 Å².